The van der Waals surface area contributed by atoms with E-state index in [0.717, 1.165) is 24.2 Å². The zero-order valence-electron chi connectivity index (χ0n) is 9.51. The van der Waals surface area contributed by atoms with E-state index in [-0.39, 0.29) is 12.1 Å². The van der Waals surface area contributed by atoms with Gasteiger partial charge in [-0.05, 0) is 36.6 Å². The maximum absolute atomic E-state index is 12.6. The monoisotopic (exact) mass is 244 g/mol. The number of rotatable bonds is 1. The quantitative estimate of drug-likeness (QED) is 0.795. The lowest BCUT2D eigenvalue weighted by atomic mass is 9.91. The van der Waals surface area contributed by atoms with Crippen molar-refractivity contribution in [3.63, 3.8) is 0 Å². The lowest BCUT2D eigenvalue weighted by molar-refractivity contribution is -0.137. The fraction of sp³-hybridized carbons (Fsp3) is 0.500. The zero-order chi connectivity index (χ0) is 12.6. The molecule has 2 rings (SSSR count). The fourth-order valence-electron chi connectivity index (χ4n) is 2.16. The Balaban J connectivity index is 2.37. The highest BCUT2D eigenvalue weighted by Crippen LogP contribution is 2.37. The maximum atomic E-state index is 12.6. The molecule has 1 aliphatic heterocycles. The summed E-state index contributed by atoms with van der Waals surface area (Å²) < 4.78 is 37.7. The van der Waals surface area contributed by atoms with Gasteiger partial charge < -0.3 is 11.1 Å². The Labute approximate surface area is 98.0 Å². The first-order valence-corrected chi connectivity index (χ1v) is 5.65. The van der Waals surface area contributed by atoms with Gasteiger partial charge >= 0.3 is 6.18 Å². The highest BCUT2D eigenvalue weighted by Gasteiger charge is 2.32. The molecule has 0 amide bonds. The van der Waals surface area contributed by atoms with E-state index in [2.05, 4.69) is 5.32 Å². The van der Waals surface area contributed by atoms with Crippen molar-refractivity contribution < 1.29 is 13.2 Å². The molecule has 94 valence electrons. The second-order valence-electron chi connectivity index (χ2n) is 4.39. The van der Waals surface area contributed by atoms with Crippen molar-refractivity contribution >= 4 is 5.69 Å². The molecule has 2 nitrogen and oxygen atoms in total. The zero-order valence-corrected chi connectivity index (χ0v) is 9.51. The van der Waals surface area contributed by atoms with Gasteiger partial charge in [0.05, 0.1) is 5.56 Å². The summed E-state index contributed by atoms with van der Waals surface area (Å²) in [5.41, 5.74) is 6.57. The van der Waals surface area contributed by atoms with Crippen LogP contribution in [0.3, 0.4) is 0 Å². The molecule has 0 saturated heterocycles. The lowest BCUT2D eigenvalue weighted by Gasteiger charge is -2.31. The van der Waals surface area contributed by atoms with E-state index >= 15 is 0 Å². The summed E-state index contributed by atoms with van der Waals surface area (Å²) in [5.74, 6) is 0. The second kappa shape index (κ2) is 4.22. The van der Waals surface area contributed by atoms with Gasteiger partial charge in [0.2, 0.25) is 0 Å². The van der Waals surface area contributed by atoms with Crippen LogP contribution in [0.4, 0.5) is 18.9 Å². The van der Waals surface area contributed by atoms with Crippen molar-refractivity contribution in [1.82, 2.24) is 0 Å². The Morgan fingerprint density at radius 1 is 1.41 bits per heavy atom. The van der Waals surface area contributed by atoms with Crippen LogP contribution in [0.2, 0.25) is 0 Å². The van der Waals surface area contributed by atoms with Crippen molar-refractivity contribution in [2.24, 2.45) is 5.73 Å². The first kappa shape index (κ1) is 12.2. The molecule has 0 saturated carbocycles. The highest BCUT2D eigenvalue weighted by atomic mass is 19.4. The van der Waals surface area contributed by atoms with Gasteiger partial charge in [-0.25, -0.2) is 0 Å². The predicted octanol–water partition coefficient (Wildman–Crippen LogP) is 3.30. The Hall–Kier alpha value is -1.23. The molecule has 0 aliphatic carbocycles. The number of nitrogens with two attached hydrogens (primary N) is 1. The smallest absolute Gasteiger partial charge is 0.382 e. The van der Waals surface area contributed by atoms with Crippen molar-refractivity contribution in [1.29, 1.82) is 0 Å². The summed E-state index contributed by atoms with van der Waals surface area (Å²) in [7, 11) is 0. The van der Waals surface area contributed by atoms with Crippen LogP contribution in [-0.2, 0) is 6.18 Å². The number of halogens is 3. The molecular formula is C12H15F3N2. The van der Waals surface area contributed by atoms with E-state index in [9.17, 15) is 13.2 Å². The number of hydrogen-bond acceptors (Lipinski definition) is 2. The van der Waals surface area contributed by atoms with Crippen LogP contribution in [0, 0.1) is 0 Å². The van der Waals surface area contributed by atoms with E-state index in [4.69, 9.17) is 5.73 Å². The summed E-state index contributed by atoms with van der Waals surface area (Å²) in [5, 5.41) is 3.21. The third kappa shape index (κ3) is 2.39. The van der Waals surface area contributed by atoms with Gasteiger partial charge in [0.1, 0.15) is 0 Å². The predicted molar refractivity (Wildman–Crippen MR) is 60.7 cm³/mol. The number of alkyl halides is 3. The minimum Gasteiger partial charge on any atom is -0.382 e. The Bertz CT molecular complexity index is 415. The molecule has 1 heterocycles. The molecule has 1 aromatic carbocycles. The fourth-order valence-corrected chi connectivity index (χ4v) is 2.16. The average Bonchev–Trinajstić information content (AvgIpc) is 2.27. The third-order valence-electron chi connectivity index (χ3n) is 3.17. The lowest BCUT2D eigenvalue weighted by Crippen LogP contribution is -2.31. The van der Waals surface area contributed by atoms with E-state index in [1.54, 1.807) is 0 Å². The van der Waals surface area contributed by atoms with Crippen LogP contribution in [-0.4, -0.2) is 6.04 Å². The van der Waals surface area contributed by atoms with Gasteiger partial charge in [-0.15, -0.1) is 0 Å². The number of hydrogen-bond donors (Lipinski definition) is 2. The average molecular weight is 244 g/mol. The molecule has 0 radical (unpaired) electrons. The Kier molecular flexibility index (Phi) is 3.03. The van der Waals surface area contributed by atoms with E-state index in [1.165, 1.54) is 6.07 Å². The molecule has 0 fully saturated rings. The SMILES string of the molecule is CCC1C[C@H](N)c2cc(C(F)(F)F)ccc2N1. The van der Waals surface area contributed by atoms with Crippen molar-refractivity contribution in [2.45, 2.75) is 38.0 Å². The van der Waals surface area contributed by atoms with Gasteiger partial charge in [-0.2, -0.15) is 13.2 Å². The van der Waals surface area contributed by atoms with Gasteiger partial charge in [0.15, 0.2) is 0 Å². The molecule has 1 aromatic rings. The van der Waals surface area contributed by atoms with Crippen LogP contribution in [0.25, 0.3) is 0 Å². The number of nitrogens with one attached hydrogen (secondary N) is 1. The Morgan fingerprint density at radius 3 is 2.71 bits per heavy atom. The van der Waals surface area contributed by atoms with Gasteiger partial charge in [0.25, 0.3) is 0 Å². The maximum Gasteiger partial charge on any atom is 0.416 e. The molecule has 3 N–H and O–H groups in total. The van der Waals surface area contributed by atoms with Crippen LogP contribution in [0.1, 0.15) is 36.9 Å². The van der Waals surface area contributed by atoms with Crippen molar-refractivity contribution in [2.75, 3.05) is 5.32 Å². The molecule has 17 heavy (non-hydrogen) atoms. The van der Waals surface area contributed by atoms with Gasteiger partial charge in [0, 0.05) is 17.8 Å². The summed E-state index contributed by atoms with van der Waals surface area (Å²) in [6, 6.07) is 3.64. The van der Waals surface area contributed by atoms with Crippen LogP contribution < -0.4 is 11.1 Å². The molecular weight excluding hydrogens is 229 g/mol. The first-order valence-electron chi connectivity index (χ1n) is 5.65. The molecule has 1 aliphatic rings. The van der Waals surface area contributed by atoms with Crippen molar-refractivity contribution in [3.8, 4) is 0 Å². The van der Waals surface area contributed by atoms with Crippen molar-refractivity contribution in [3.05, 3.63) is 29.3 Å². The van der Waals surface area contributed by atoms with Crippen LogP contribution in [0.5, 0.6) is 0 Å². The summed E-state index contributed by atoms with van der Waals surface area (Å²) in [4.78, 5) is 0. The molecule has 0 bridgehead atoms. The normalized spacial score (nSPS) is 24.1. The highest BCUT2D eigenvalue weighted by molar-refractivity contribution is 5.57. The topological polar surface area (TPSA) is 38.0 Å². The summed E-state index contributed by atoms with van der Waals surface area (Å²) in [6.07, 6.45) is -2.73. The van der Waals surface area contributed by atoms with Crippen LogP contribution in [0.15, 0.2) is 18.2 Å². The molecule has 1 unspecified atom stereocenters. The van der Waals surface area contributed by atoms with E-state index in [0.29, 0.717) is 12.0 Å². The summed E-state index contributed by atoms with van der Waals surface area (Å²) >= 11 is 0. The molecule has 0 aromatic heterocycles. The molecule has 5 heteroatoms. The Morgan fingerprint density at radius 2 is 2.12 bits per heavy atom. The van der Waals surface area contributed by atoms with Crippen LogP contribution >= 0.6 is 0 Å². The number of benzene rings is 1. The number of fused-ring (bicyclic) bond motifs is 1. The first-order chi connectivity index (χ1) is 7.91. The standard InChI is InChI=1S/C12H15F3N2/c1-2-8-6-10(16)9-5-7(12(13,14)15)3-4-11(9)17-8/h3-5,8,10,17H,2,6,16H2,1H3/t8?,10-/m0/s1. The summed E-state index contributed by atoms with van der Waals surface area (Å²) in [6.45, 7) is 2.03. The largest absolute Gasteiger partial charge is 0.416 e. The third-order valence-corrected chi connectivity index (χ3v) is 3.17. The second-order valence-corrected chi connectivity index (χ2v) is 4.39. The van der Waals surface area contributed by atoms with Gasteiger partial charge in [-0.1, -0.05) is 6.92 Å². The number of anilines is 1. The molecule has 0 spiro atoms. The van der Waals surface area contributed by atoms with E-state index in [1.807, 2.05) is 6.92 Å². The minimum atomic E-state index is -4.31. The van der Waals surface area contributed by atoms with Gasteiger partial charge in [-0.3, -0.25) is 0 Å². The van der Waals surface area contributed by atoms with E-state index < -0.39 is 11.7 Å². The minimum absolute atomic E-state index is 0.245. The molecule has 2 atom stereocenters.